The van der Waals surface area contributed by atoms with Crippen LogP contribution in [-0.2, 0) is 17.3 Å². The zero-order chi connectivity index (χ0) is 18.4. The van der Waals surface area contributed by atoms with Crippen molar-refractivity contribution < 1.29 is 31.9 Å². The number of halogens is 5. The minimum absolute atomic E-state index is 0.261. The molecule has 3 nitrogen and oxygen atoms in total. The zero-order valence-electron chi connectivity index (χ0n) is 12.6. The summed E-state index contributed by atoms with van der Waals surface area (Å²) in [6.07, 6.45) is -5.72. The van der Waals surface area contributed by atoms with E-state index in [4.69, 9.17) is 0 Å². The summed E-state index contributed by atoms with van der Waals surface area (Å²) in [5.74, 6) is -6.27. The number of aliphatic hydroxyl groups excluding tert-OH is 1. The van der Waals surface area contributed by atoms with E-state index in [0.717, 1.165) is 18.2 Å². The van der Waals surface area contributed by atoms with Crippen LogP contribution in [0.3, 0.4) is 0 Å². The molecule has 0 radical (unpaired) electrons. The van der Waals surface area contributed by atoms with Crippen molar-refractivity contribution in [2.75, 3.05) is 4.90 Å². The monoisotopic (exact) mass is 357 g/mol. The lowest BCUT2D eigenvalue weighted by Crippen LogP contribution is -2.34. The molecule has 0 fully saturated rings. The lowest BCUT2D eigenvalue weighted by Gasteiger charge is -2.18. The Labute approximate surface area is 139 Å². The van der Waals surface area contributed by atoms with Crippen LogP contribution in [0.5, 0.6) is 0 Å². The van der Waals surface area contributed by atoms with Crippen molar-refractivity contribution >= 4 is 11.6 Å². The van der Waals surface area contributed by atoms with Gasteiger partial charge in [0.25, 0.3) is 6.43 Å². The van der Waals surface area contributed by atoms with Gasteiger partial charge >= 0.3 is 11.8 Å². The molecule has 1 aliphatic heterocycles. The van der Waals surface area contributed by atoms with Gasteiger partial charge in [0.2, 0.25) is 0 Å². The van der Waals surface area contributed by atoms with Gasteiger partial charge < -0.3 is 10.0 Å². The first-order chi connectivity index (χ1) is 11.7. The van der Waals surface area contributed by atoms with Gasteiger partial charge in [-0.05, 0) is 29.3 Å². The maximum atomic E-state index is 14.4. The number of aliphatic hydroxyl groups is 1. The van der Waals surface area contributed by atoms with Crippen LogP contribution in [0.1, 0.15) is 22.8 Å². The maximum Gasteiger partial charge on any atom is 0.352 e. The number of anilines is 1. The molecule has 1 heterocycles. The Morgan fingerprint density at radius 1 is 1.12 bits per heavy atom. The molecule has 0 saturated heterocycles. The van der Waals surface area contributed by atoms with Gasteiger partial charge in [0.1, 0.15) is 11.9 Å². The molecule has 0 aromatic heterocycles. The zero-order valence-corrected chi connectivity index (χ0v) is 12.6. The van der Waals surface area contributed by atoms with Gasteiger partial charge in [-0.3, -0.25) is 4.79 Å². The third-order valence-corrected chi connectivity index (χ3v) is 3.98. The Hall–Kier alpha value is -2.48. The molecule has 0 spiro atoms. The highest BCUT2D eigenvalue weighted by Crippen LogP contribution is 2.48. The first-order valence-corrected chi connectivity index (χ1v) is 7.27. The van der Waals surface area contributed by atoms with E-state index in [1.807, 2.05) is 0 Å². The van der Waals surface area contributed by atoms with Gasteiger partial charge in [0.15, 0.2) is 0 Å². The number of hydrogen-bond acceptors (Lipinski definition) is 2. The van der Waals surface area contributed by atoms with Crippen molar-refractivity contribution in [3.8, 4) is 0 Å². The number of carbonyl (C=O) groups excluding carboxylic acids is 1. The van der Waals surface area contributed by atoms with Gasteiger partial charge in [0.05, 0.1) is 17.8 Å². The summed E-state index contributed by atoms with van der Waals surface area (Å²) in [7, 11) is 0. The Morgan fingerprint density at radius 2 is 1.80 bits per heavy atom. The molecule has 1 N–H and O–H groups in total. The van der Waals surface area contributed by atoms with Gasteiger partial charge in [0, 0.05) is 0 Å². The first kappa shape index (κ1) is 17.3. The van der Waals surface area contributed by atoms with Crippen LogP contribution >= 0.6 is 0 Å². The maximum absolute atomic E-state index is 14.4. The quantitative estimate of drug-likeness (QED) is 0.847. The van der Waals surface area contributed by atoms with Gasteiger partial charge in [-0.15, -0.1) is 0 Å². The molecule has 25 heavy (non-hydrogen) atoms. The van der Waals surface area contributed by atoms with Gasteiger partial charge in [-0.1, -0.05) is 24.3 Å². The van der Waals surface area contributed by atoms with Crippen molar-refractivity contribution in [3.05, 3.63) is 65.0 Å². The summed E-state index contributed by atoms with van der Waals surface area (Å²) in [4.78, 5) is 12.8. The molecule has 2 aromatic carbocycles. The van der Waals surface area contributed by atoms with Crippen LogP contribution in [0.25, 0.3) is 0 Å². The van der Waals surface area contributed by atoms with Crippen molar-refractivity contribution in [2.45, 2.75) is 25.0 Å². The van der Waals surface area contributed by atoms with Crippen LogP contribution in [0.4, 0.5) is 27.6 Å². The normalized spacial score (nSPS) is 17.1. The molecular weight excluding hydrogens is 345 g/mol. The molecule has 0 aliphatic carbocycles. The van der Waals surface area contributed by atoms with E-state index in [2.05, 4.69) is 0 Å². The first-order valence-electron chi connectivity index (χ1n) is 7.27. The summed E-state index contributed by atoms with van der Waals surface area (Å²) >= 11 is 0. The minimum Gasteiger partial charge on any atom is -0.382 e. The van der Waals surface area contributed by atoms with Crippen LogP contribution in [0.2, 0.25) is 0 Å². The fourth-order valence-electron chi connectivity index (χ4n) is 2.87. The molecule has 0 bridgehead atoms. The molecule has 1 amide bonds. The predicted molar refractivity (Wildman–Crippen MR) is 78.9 cm³/mol. The van der Waals surface area contributed by atoms with E-state index in [-0.39, 0.29) is 17.8 Å². The Balaban J connectivity index is 2.08. The summed E-state index contributed by atoms with van der Waals surface area (Å²) in [6, 6.07) is 8.37. The highest BCUT2D eigenvalue weighted by molar-refractivity contribution is 6.06. The summed E-state index contributed by atoms with van der Waals surface area (Å²) in [6.45, 7) is -0.354. The van der Waals surface area contributed by atoms with Gasteiger partial charge in [-0.25, -0.2) is 13.2 Å². The molecule has 1 atom stereocenters. The van der Waals surface area contributed by atoms with Crippen molar-refractivity contribution in [2.24, 2.45) is 0 Å². The molecule has 2 aromatic rings. The molecular formula is C17H12F5NO2. The third kappa shape index (κ3) is 2.86. The Kier molecular flexibility index (Phi) is 4.24. The predicted octanol–water partition coefficient (Wildman–Crippen LogP) is 3.76. The van der Waals surface area contributed by atoms with Crippen molar-refractivity contribution in [3.63, 3.8) is 0 Å². The van der Waals surface area contributed by atoms with Crippen LogP contribution in [-0.4, -0.2) is 17.4 Å². The Bertz CT molecular complexity index is 824. The second-order valence-corrected chi connectivity index (χ2v) is 5.62. The standard InChI is InChI=1S/C17H12F5NO2/c18-10-4-1-3-9(7-10)8-23-12-6-2-5-11(14(24)15(19)20)13(12)17(21,22)16(23)25/h1-7,14-15,24H,8H2. The molecule has 3 rings (SSSR count). The van der Waals surface area contributed by atoms with Gasteiger partial charge in [-0.2, -0.15) is 8.78 Å². The van der Waals surface area contributed by atoms with Crippen molar-refractivity contribution in [1.29, 1.82) is 0 Å². The van der Waals surface area contributed by atoms with Crippen LogP contribution in [0, 0.1) is 5.82 Å². The second kappa shape index (κ2) is 6.11. The van der Waals surface area contributed by atoms with E-state index in [1.54, 1.807) is 0 Å². The lowest BCUT2D eigenvalue weighted by atomic mass is 9.98. The Morgan fingerprint density at radius 3 is 2.44 bits per heavy atom. The van der Waals surface area contributed by atoms with Crippen LogP contribution in [0.15, 0.2) is 42.5 Å². The van der Waals surface area contributed by atoms with Crippen molar-refractivity contribution in [1.82, 2.24) is 0 Å². The summed E-state index contributed by atoms with van der Waals surface area (Å²) < 4.78 is 67.7. The number of amides is 1. The second-order valence-electron chi connectivity index (χ2n) is 5.62. The highest BCUT2D eigenvalue weighted by Gasteiger charge is 2.55. The van der Waals surface area contributed by atoms with Crippen LogP contribution < -0.4 is 4.90 Å². The molecule has 132 valence electrons. The number of carbonyl (C=O) groups is 1. The number of hydrogen-bond donors (Lipinski definition) is 1. The largest absolute Gasteiger partial charge is 0.382 e. The van der Waals surface area contributed by atoms with E-state index in [9.17, 15) is 31.9 Å². The van der Waals surface area contributed by atoms with E-state index >= 15 is 0 Å². The SMILES string of the molecule is O=C1N(Cc2cccc(F)c2)c2cccc(C(O)C(F)F)c2C1(F)F. The van der Waals surface area contributed by atoms with E-state index in [1.165, 1.54) is 24.3 Å². The van der Waals surface area contributed by atoms with E-state index in [0.29, 0.717) is 4.90 Å². The third-order valence-electron chi connectivity index (χ3n) is 3.98. The fourth-order valence-corrected chi connectivity index (χ4v) is 2.87. The number of fused-ring (bicyclic) bond motifs is 1. The topological polar surface area (TPSA) is 40.5 Å². The lowest BCUT2D eigenvalue weighted by molar-refractivity contribution is -0.142. The summed E-state index contributed by atoms with van der Waals surface area (Å²) in [5, 5.41) is 9.53. The number of nitrogens with zero attached hydrogens (tertiary/aromatic N) is 1. The fraction of sp³-hybridized carbons (Fsp3) is 0.235. The number of benzene rings is 2. The average molecular weight is 357 g/mol. The summed E-state index contributed by atoms with van der Waals surface area (Å²) in [5.41, 5.74) is -1.66. The number of rotatable bonds is 4. The highest BCUT2D eigenvalue weighted by atomic mass is 19.3. The molecule has 0 saturated carbocycles. The number of alkyl halides is 4. The molecule has 1 unspecified atom stereocenters. The minimum atomic E-state index is -4.06. The smallest absolute Gasteiger partial charge is 0.352 e. The average Bonchev–Trinajstić information content (AvgIpc) is 2.75. The molecule has 1 aliphatic rings. The van der Waals surface area contributed by atoms with E-state index < -0.39 is 41.3 Å². The molecule has 8 heteroatoms.